The molecule has 1 spiro atoms. The second-order valence-corrected chi connectivity index (χ2v) is 8.93. The van der Waals surface area contributed by atoms with Gasteiger partial charge in [-0.25, -0.2) is 4.68 Å². The highest BCUT2D eigenvalue weighted by Crippen LogP contribution is 2.42. The van der Waals surface area contributed by atoms with E-state index in [-0.39, 0.29) is 23.7 Å². The summed E-state index contributed by atoms with van der Waals surface area (Å²) in [5.41, 5.74) is 2.91. The Morgan fingerprint density at radius 3 is 2.61 bits per heavy atom. The SMILES string of the molecule is COC(=O)[C@@H]1CC[C@H](C(=O)N2CCC3(CC2)OCCc2cn(-c4ccccc4)nc23)C1. The van der Waals surface area contributed by atoms with Crippen LogP contribution in [0, 0.1) is 11.8 Å². The zero-order valence-electron chi connectivity index (χ0n) is 18.0. The van der Waals surface area contributed by atoms with Crippen LogP contribution in [-0.4, -0.2) is 53.4 Å². The lowest BCUT2D eigenvalue weighted by atomic mass is 9.83. The Morgan fingerprint density at radius 1 is 1.13 bits per heavy atom. The van der Waals surface area contributed by atoms with Gasteiger partial charge in [0.05, 0.1) is 31.0 Å². The zero-order chi connectivity index (χ0) is 21.4. The number of para-hydroxylation sites is 1. The number of amides is 1. The number of hydrogen-bond donors (Lipinski definition) is 0. The largest absolute Gasteiger partial charge is 0.469 e. The first-order chi connectivity index (χ1) is 15.1. The van der Waals surface area contributed by atoms with E-state index in [1.807, 2.05) is 27.8 Å². The molecule has 1 amide bonds. The normalized spacial score (nSPS) is 24.7. The quantitative estimate of drug-likeness (QED) is 0.710. The third-order valence-electron chi connectivity index (χ3n) is 7.19. The molecule has 0 bridgehead atoms. The summed E-state index contributed by atoms with van der Waals surface area (Å²) in [5, 5.41) is 4.92. The first-order valence-electron chi connectivity index (χ1n) is 11.2. The molecule has 1 saturated carbocycles. The lowest BCUT2D eigenvalue weighted by molar-refractivity contribution is -0.146. The first-order valence-corrected chi connectivity index (χ1v) is 11.2. The van der Waals surface area contributed by atoms with Gasteiger partial charge in [-0.2, -0.15) is 5.10 Å². The smallest absolute Gasteiger partial charge is 0.308 e. The number of fused-ring (bicyclic) bond motifs is 2. The standard InChI is InChI=1S/C24H29N3O4/c1-30-23(29)18-8-7-17(15-18)22(28)26-12-10-24(11-13-26)21-19(9-14-31-24)16-27(25-21)20-5-3-2-4-6-20/h2-6,16-18H,7-15H2,1H3/t17-,18+/m0/s1. The van der Waals surface area contributed by atoms with Crippen molar-refractivity contribution in [3.63, 3.8) is 0 Å². The molecule has 0 N–H and O–H groups in total. The molecule has 164 valence electrons. The summed E-state index contributed by atoms with van der Waals surface area (Å²) in [5.74, 6) is -0.225. The van der Waals surface area contributed by atoms with E-state index in [0.29, 0.717) is 26.1 Å². The fourth-order valence-corrected chi connectivity index (χ4v) is 5.43. The van der Waals surface area contributed by atoms with Gasteiger partial charge in [-0.3, -0.25) is 9.59 Å². The Kier molecular flexibility index (Phi) is 5.30. The van der Waals surface area contributed by atoms with Crippen LogP contribution in [0.5, 0.6) is 0 Å². The Balaban J connectivity index is 1.28. The third-order valence-corrected chi connectivity index (χ3v) is 7.19. The number of ether oxygens (including phenoxy) is 2. The van der Waals surface area contributed by atoms with Crippen LogP contribution in [0.4, 0.5) is 0 Å². The van der Waals surface area contributed by atoms with Crippen LogP contribution < -0.4 is 0 Å². The number of carbonyl (C=O) groups is 2. The summed E-state index contributed by atoms with van der Waals surface area (Å²) in [6, 6.07) is 10.1. The summed E-state index contributed by atoms with van der Waals surface area (Å²) in [6.07, 6.45) is 6.61. The Morgan fingerprint density at radius 2 is 1.87 bits per heavy atom. The fourth-order valence-electron chi connectivity index (χ4n) is 5.43. The molecule has 1 aromatic carbocycles. The predicted molar refractivity (Wildman–Crippen MR) is 114 cm³/mol. The topological polar surface area (TPSA) is 73.7 Å². The second-order valence-electron chi connectivity index (χ2n) is 8.93. The van der Waals surface area contributed by atoms with Gasteiger partial charge < -0.3 is 14.4 Å². The molecule has 2 fully saturated rings. The van der Waals surface area contributed by atoms with Crippen LogP contribution in [0.15, 0.2) is 36.5 Å². The Labute approximate surface area is 182 Å². The third kappa shape index (κ3) is 3.65. The lowest BCUT2D eigenvalue weighted by Gasteiger charge is -2.43. The minimum atomic E-state index is -0.408. The maximum absolute atomic E-state index is 13.1. The molecular weight excluding hydrogens is 394 g/mol. The van der Waals surface area contributed by atoms with Gasteiger partial charge in [-0.15, -0.1) is 0 Å². The molecular formula is C24H29N3O4. The van der Waals surface area contributed by atoms with Crippen molar-refractivity contribution >= 4 is 11.9 Å². The molecule has 3 heterocycles. The van der Waals surface area contributed by atoms with Gasteiger partial charge in [0, 0.05) is 25.2 Å². The van der Waals surface area contributed by atoms with E-state index >= 15 is 0 Å². The van der Waals surface area contributed by atoms with Crippen LogP contribution in [0.1, 0.15) is 43.4 Å². The minimum Gasteiger partial charge on any atom is -0.469 e. The van der Waals surface area contributed by atoms with E-state index in [9.17, 15) is 9.59 Å². The molecule has 3 aliphatic rings. The van der Waals surface area contributed by atoms with Gasteiger partial charge in [0.25, 0.3) is 0 Å². The molecule has 1 aromatic heterocycles. The molecule has 2 atom stereocenters. The second kappa shape index (κ2) is 8.11. The summed E-state index contributed by atoms with van der Waals surface area (Å²) >= 11 is 0. The van der Waals surface area contributed by atoms with Gasteiger partial charge >= 0.3 is 5.97 Å². The number of piperidine rings is 1. The highest BCUT2D eigenvalue weighted by atomic mass is 16.5. The van der Waals surface area contributed by atoms with Crippen LogP contribution in [-0.2, 0) is 31.1 Å². The number of benzene rings is 1. The summed E-state index contributed by atoms with van der Waals surface area (Å²) in [6.45, 7) is 2.01. The van der Waals surface area contributed by atoms with E-state index < -0.39 is 5.60 Å². The number of rotatable bonds is 3. The van der Waals surface area contributed by atoms with Gasteiger partial charge in [-0.1, -0.05) is 18.2 Å². The average Bonchev–Trinajstić information content (AvgIpc) is 3.48. The highest BCUT2D eigenvalue weighted by Gasteiger charge is 2.45. The van der Waals surface area contributed by atoms with Gasteiger partial charge in [0.1, 0.15) is 5.60 Å². The molecule has 2 aliphatic heterocycles. The number of esters is 1. The number of likely N-dealkylation sites (tertiary alicyclic amines) is 1. The number of methoxy groups -OCH3 is 1. The van der Waals surface area contributed by atoms with E-state index in [2.05, 4.69) is 18.3 Å². The molecule has 1 aliphatic carbocycles. The highest BCUT2D eigenvalue weighted by molar-refractivity contribution is 5.81. The number of carbonyl (C=O) groups excluding carboxylic acids is 2. The van der Waals surface area contributed by atoms with Crippen LogP contribution in [0.25, 0.3) is 5.69 Å². The van der Waals surface area contributed by atoms with Crippen LogP contribution in [0.3, 0.4) is 0 Å². The molecule has 2 aromatic rings. The van der Waals surface area contributed by atoms with E-state index in [4.69, 9.17) is 14.6 Å². The van der Waals surface area contributed by atoms with Gasteiger partial charge in [-0.05, 0) is 56.2 Å². The predicted octanol–water partition coefficient (Wildman–Crippen LogP) is 2.85. The first kappa shape index (κ1) is 20.2. The van der Waals surface area contributed by atoms with Crippen LogP contribution in [0.2, 0.25) is 0 Å². The maximum atomic E-state index is 13.1. The van der Waals surface area contributed by atoms with Crippen LogP contribution >= 0.6 is 0 Å². The van der Waals surface area contributed by atoms with Gasteiger partial charge in [0.2, 0.25) is 5.91 Å². The monoisotopic (exact) mass is 423 g/mol. The number of hydrogen-bond acceptors (Lipinski definition) is 5. The number of nitrogens with zero attached hydrogens (tertiary/aromatic N) is 3. The molecule has 0 radical (unpaired) electrons. The summed E-state index contributed by atoms with van der Waals surface area (Å²) in [4.78, 5) is 26.8. The summed E-state index contributed by atoms with van der Waals surface area (Å²) in [7, 11) is 1.42. The maximum Gasteiger partial charge on any atom is 0.308 e. The molecule has 31 heavy (non-hydrogen) atoms. The fraction of sp³-hybridized carbons (Fsp3) is 0.542. The van der Waals surface area contributed by atoms with Crippen molar-refractivity contribution in [1.82, 2.24) is 14.7 Å². The average molecular weight is 424 g/mol. The summed E-state index contributed by atoms with van der Waals surface area (Å²) < 4.78 is 13.1. The molecule has 1 saturated heterocycles. The van der Waals surface area contributed by atoms with E-state index in [1.54, 1.807) is 0 Å². The molecule has 7 heteroatoms. The molecule has 0 unspecified atom stereocenters. The van der Waals surface area contributed by atoms with Crippen molar-refractivity contribution in [3.05, 3.63) is 47.8 Å². The van der Waals surface area contributed by atoms with Crippen molar-refractivity contribution in [3.8, 4) is 5.69 Å². The minimum absolute atomic E-state index is 0.0710. The van der Waals surface area contributed by atoms with E-state index in [0.717, 1.165) is 43.5 Å². The Hall–Kier alpha value is -2.67. The Bertz CT molecular complexity index is 962. The van der Waals surface area contributed by atoms with Crippen molar-refractivity contribution in [2.24, 2.45) is 11.8 Å². The van der Waals surface area contributed by atoms with Gasteiger partial charge in [0.15, 0.2) is 0 Å². The van der Waals surface area contributed by atoms with Crippen molar-refractivity contribution < 1.29 is 19.1 Å². The molecule has 7 nitrogen and oxygen atoms in total. The van der Waals surface area contributed by atoms with Crippen molar-refractivity contribution in [2.45, 2.75) is 44.1 Å². The lowest BCUT2D eigenvalue weighted by Crippen LogP contribution is -2.49. The van der Waals surface area contributed by atoms with Crippen molar-refractivity contribution in [1.29, 1.82) is 0 Å². The zero-order valence-corrected chi connectivity index (χ0v) is 18.0. The number of aromatic nitrogens is 2. The molecule has 5 rings (SSSR count). The van der Waals surface area contributed by atoms with Crippen molar-refractivity contribution in [2.75, 3.05) is 26.8 Å². The van der Waals surface area contributed by atoms with E-state index in [1.165, 1.54) is 12.7 Å².